The highest BCUT2D eigenvalue weighted by Crippen LogP contribution is 2.19. The van der Waals surface area contributed by atoms with Crippen LogP contribution in [0.5, 0.6) is 5.75 Å². The van der Waals surface area contributed by atoms with Crippen LogP contribution in [-0.2, 0) is 0 Å². The zero-order chi connectivity index (χ0) is 13.1. The summed E-state index contributed by atoms with van der Waals surface area (Å²) >= 11 is 0. The average molecular weight is 289 g/mol. The van der Waals surface area contributed by atoms with Crippen LogP contribution in [-0.4, -0.2) is 43.6 Å². The minimum absolute atomic E-state index is 0. The van der Waals surface area contributed by atoms with Gasteiger partial charge in [0.25, 0.3) is 5.91 Å². The summed E-state index contributed by atoms with van der Waals surface area (Å²) in [5, 5.41) is 3.20. The van der Waals surface area contributed by atoms with Gasteiger partial charge >= 0.3 is 0 Å². The Balaban J connectivity index is 0.00000180. The van der Waals surface area contributed by atoms with Gasteiger partial charge < -0.3 is 15.0 Å². The molecule has 0 saturated carbocycles. The maximum Gasteiger partial charge on any atom is 0.257 e. The van der Waals surface area contributed by atoms with Gasteiger partial charge in [0.05, 0.1) is 12.7 Å². The number of nitrogens with zero attached hydrogens (tertiary/aromatic N) is 1. The van der Waals surface area contributed by atoms with E-state index in [4.69, 9.17) is 4.74 Å². The third-order valence-corrected chi connectivity index (χ3v) is 3.17. The fourth-order valence-electron chi connectivity index (χ4n) is 2.09. The number of amides is 1. The lowest BCUT2D eigenvalue weighted by molar-refractivity contribution is 0.0651. The van der Waals surface area contributed by atoms with Gasteiger partial charge in [-0.05, 0) is 19.1 Å². The molecule has 0 aromatic heterocycles. The van der Waals surface area contributed by atoms with Crippen LogP contribution in [0.3, 0.4) is 0 Å². The molecule has 1 fully saturated rings. The van der Waals surface area contributed by atoms with Gasteiger partial charge in [0.1, 0.15) is 11.6 Å². The van der Waals surface area contributed by atoms with E-state index in [-0.39, 0.29) is 29.9 Å². The molecule has 1 aromatic carbocycles. The molecule has 1 amide bonds. The van der Waals surface area contributed by atoms with Crippen molar-refractivity contribution >= 4 is 18.3 Å². The van der Waals surface area contributed by atoms with Gasteiger partial charge in [0.2, 0.25) is 0 Å². The summed E-state index contributed by atoms with van der Waals surface area (Å²) in [5.41, 5.74) is 0.101. The molecular formula is C13H18ClFN2O2. The number of carbonyl (C=O) groups is 1. The van der Waals surface area contributed by atoms with Crippen LogP contribution in [0.1, 0.15) is 17.3 Å². The summed E-state index contributed by atoms with van der Waals surface area (Å²) in [4.78, 5) is 13.9. The molecule has 0 bridgehead atoms. The summed E-state index contributed by atoms with van der Waals surface area (Å²) in [6.07, 6.45) is 0. The molecule has 1 heterocycles. The Morgan fingerprint density at radius 3 is 2.84 bits per heavy atom. The van der Waals surface area contributed by atoms with Crippen LogP contribution in [0.4, 0.5) is 4.39 Å². The molecule has 1 aromatic rings. The molecule has 1 aliphatic rings. The van der Waals surface area contributed by atoms with Gasteiger partial charge in [0.15, 0.2) is 0 Å². The van der Waals surface area contributed by atoms with Crippen molar-refractivity contribution in [2.24, 2.45) is 0 Å². The first-order chi connectivity index (χ1) is 8.63. The zero-order valence-corrected chi connectivity index (χ0v) is 11.8. The molecule has 0 unspecified atom stereocenters. The maximum absolute atomic E-state index is 13.8. The van der Waals surface area contributed by atoms with E-state index >= 15 is 0 Å². The van der Waals surface area contributed by atoms with Gasteiger partial charge in [0, 0.05) is 31.7 Å². The van der Waals surface area contributed by atoms with Crippen molar-refractivity contribution in [3.05, 3.63) is 29.6 Å². The molecular weight excluding hydrogens is 271 g/mol. The molecule has 1 atom stereocenters. The van der Waals surface area contributed by atoms with Gasteiger partial charge in [-0.25, -0.2) is 4.39 Å². The first kappa shape index (κ1) is 15.7. The van der Waals surface area contributed by atoms with Gasteiger partial charge in [-0.3, -0.25) is 4.79 Å². The number of nitrogens with one attached hydrogen (secondary N) is 1. The molecule has 1 aliphatic heterocycles. The largest absolute Gasteiger partial charge is 0.497 e. The fourth-order valence-corrected chi connectivity index (χ4v) is 2.09. The second-order valence-electron chi connectivity index (χ2n) is 4.40. The van der Waals surface area contributed by atoms with E-state index in [9.17, 15) is 9.18 Å². The van der Waals surface area contributed by atoms with Crippen LogP contribution in [0, 0.1) is 5.82 Å². The number of hydrogen-bond donors (Lipinski definition) is 1. The number of halogens is 2. The average Bonchev–Trinajstić information content (AvgIpc) is 2.38. The van der Waals surface area contributed by atoms with Crippen molar-refractivity contribution in [3.63, 3.8) is 0 Å². The number of carbonyl (C=O) groups excluding carboxylic acids is 1. The predicted molar refractivity (Wildman–Crippen MR) is 73.6 cm³/mol. The third-order valence-electron chi connectivity index (χ3n) is 3.17. The second-order valence-corrected chi connectivity index (χ2v) is 4.40. The Hall–Kier alpha value is -1.33. The van der Waals surface area contributed by atoms with Crippen molar-refractivity contribution in [1.82, 2.24) is 10.2 Å². The number of benzene rings is 1. The molecule has 6 heteroatoms. The maximum atomic E-state index is 13.8. The summed E-state index contributed by atoms with van der Waals surface area (Å²) in [6, 6.07) is 4.39. The van der Waals surface area contributed by atoms with Gasteiger partial charge in [-0.2, -0.15) is 0 Å². The van der Waals surface area contributed by atoms with E-state index in [2.05, 4.69) is 5.32 Å². The predicted octanol–water partition coefficient (Wildman–Crippen LogP) is 1.69. The lowest BCUT2D eigenvalue weighted by Crippen LogP contribution is -2.52. The van der Waals surface area contributed by atoms with E-state index in [0.29, 0.717) is 12.3 Å². The van der Waals surface area contributed by atoms with Crippen molar-refractivity contribution < 1.29 is 13.9 Å². The van der Waals surface area contributed by atoms with Crippen molar-refractivity contribution in [2.45, 2.75) is 13.0 Å². The molecule has 1 N–H and O–H groups in total. The van der Waals surface area contributed by atoms with E-state index < -0.39 is 5.82 Å². The fraction of sp³-hybridized carbons (Fsp3) is 0.462. The summed E-state index contributed by atoms with van der Waals surface area (Å²) in [6.45, 7) is 4.04. The molecule has 0 radical (unpaired) electrons. The number of rotatable bonds is 2. The van der Waals surface area contributed by atoms with Crippen molar-refractivity contribution in [1.29, 1.82) is 0 Å². The highest BCUT2D eigenvalue weighted by atomic mass is 35.5. The quantitative estimate of drug-likeness (QED) is 0.900. The van der Waals surface area contributed by atoms with Gasteiger partial charge in [-0.15, -0.1) is 12.4 Å². The monoisotopic (exact) mass is 288 g/mol. The van der Waals surface area contributed by atoms with E-state index in [1.807, 2.05) is 6.92 Å². The summed E-state index contributed by atoms with van der Waals surface area (Å²) in [7, 11) is 1.47. The minimum atomic E-state index is -0.537. The molecule has 2 rings (SSSR count). The molecule has 0 aliphatic carbocycles. The third kappa shape index (κ3) is 3.36. The molecule has 4 nitrogen and oxygen atoms in total. The van der Waals surface area contributed by atoms with E-state index in [1.165, 1.54) is 19.2 Å². The first-order valence-electron chi connectivity index (χ1n) is 5.98. The standard InChI is InChI=1S/C13H17FN2O2.ClH/c1-9-8-15-5-6-16(9)13(17)11-4-3-10(18-2)7-12(11)14;/h3-4,7,9,15H,5-6,8H2,1-2H3;1H/t9-;/m1./s1. The Bertz CT molecular complexity index is 456. The number of ether oxygens (including phenoxy) is 1. The highest BCUT2D eigenvalue weighted by molar-refractivity contribution is 5.95. The second kappa shape index (κ2) is 6.73. The van der Waals surface area contributed by atoms with Gasteiger partial charge in [-0.1, -0.05) is 0 Å². The normalized spacial score (nSPS) is 18.7. The van der Waals surface area contributed by atoms with E-state index in [1.54, 1.807) is 11.0 Å². The number of methoxy groups -OCH3 is 1. The Kier molecular flexibility index (Phi) is 5.57. The Morgan fingerprint density at radius 1 is 1.53 bits per heavy atom. The van der Waals surface area contributed by atoms with Crippen LogP contribution >= 0.6 is 12.4 Å². The number of piperazine rings is 1. The van der Waals surface area contributed by atoms with E-state index in [0.717, 1.165) is 13.1 Å². The lowest BCUT2D eigenvalue weighted by atomic mass is 10.1. The summed E-state index contributed by atoms with van der Waals surface area (Å²) in [5.74, 6) is -0.383. The van der Waals surface area contributed by atoms with Crippen LogP contribution in [0.25, 0.3) is 0 Å². The smallest absolute Gasteiger partial charge is 0.257 e. The van der Waals surface area contributed by atoms with Crippen molar-refractivity contribution in [2.75, 3.05) is 26.7 Å². The van der Waals surface area contributed by atoms with Crippen molar-refractivity contribution in [3.8, 4) is 5.75 Å². The molecule has 1 saturated heterocycles. The minimum Gasteiger partial charge on any atom is -0.497 e. The van der Waals surface area contributed by atoms with Crippen LogP contribution < -0.4 is 10.1 Å². The molecule has 19 heavy (non-hydrogen) atoms. The summed E-state index contributed by atoms with van der Waals surface area (Å²) < 4.78 is 18.7. The highest BCUT2D eigenvalue weighted by Gasteiger charge is 2.25. The zero-order valence-electron chi connectivity index (χ0n) is 11.0. The Labute approximate surface area is 118 Å². The molecule has 0 spiro atoms. The first-order valence-corrected chi connectivity index (χ1v) is 5.98. The van der Waals surface area contributed by atoms with Crippen LogP contribution in [0.15, 0.2) is 18.2 Å². The molecule has 106 valence electrons. The van der Waals surface area contributed by atoms with Crippen LogP contribution in [0.2, 0.25) is 0 Å². The Morgan fingerprint density at radius 2 is 2.26 bits per heavy atom. The topological polar surface area (TPSA) is 41.6 Å². The lowest BCUT2D eigenvalue weighted by Gasteiger charge is -2.34. The SMILES string of the molecule is COc1ccc(C(=O)N2CCNC[C@H]2C)c(F)c1.Cl. The number of hydrogen-bond acceptors (Lipinski definition) is 3.